The molecule has 5 rings (SSSR count). The minimum atomic E-state index is -0.626. The van der Waals surface area contributed by atoms with Crippen LogP contribution in [0, 0.1) is 11.3 Å². The highest BCUT2D eigenvalue weighted by Gasteiger charge is 2.71. The molecule has 0 bridgehead atoms. The van der Waals surface area contributed by atoms with Crippen molar-refractivity contribution in [3.63, 3.8) is 0 Å². The van der Waals surface area contributed by atoms with Gasteiger partial charge in [-0.2, -0.15) is 0 Å². The Bertz CT molecular complexity index is 1030. The SMILES string of the molecule is O=C(c1ccc2ccccc2c1)N1C[C@H](O)[C@@]2(C1)[C@H](CO)[C@H]2c1ccccc1. The number of likely N-dealkylation sites (tertiary alicyclic amines) is 1. The number of carbonyl (C=O) groups excluding carboxylic acids is 1. The molecule has 3 aromatic rings. The van der Waals surface area contributed by atoms with Gasteiger partial charge in [0.15, 0.2) is 0 Å². The van der Waals surface area contributed by atoms with Crippen LogP contribution in [0.4, 0.5) is 0 Å². The smallest absolute Gasteiger partial charge is 0.253 e. The van der Waals surface area contributed by atoms with Gasteiger partial charge in [0.1, 0.15) is 0 Å². The van der Waals surface area contributed by atoms with E-state index in [9.17, 15) is 15.0 Å². The highest BCUT2D eigenvalue weighted by molar-refractivity contribution is 5.98. The predicted octanol–water partition coefficient (Wildman–Crippen LogP) is 3.05. The van der Waals surface area contributed by atoms with E-state index < -0.39 is 11.5 Å². The van der Waals surface area contributed by atoms with E-state index in [0.717, 1.165) is 16.3 Å². The van der Waals surface area contributed by atoms with Crippen LogP contribution in [0.5, 0.6) is 0 Å². The molecule has 4 atom stereocenters. The molecule has 4 heteroatoms. The number of carbonyl (C=O) groups is 1. The molecule has 1 aliphatic carbocycles. The normalized spacial score (nSPS) is 28.8. The van der Waals surface area contributed by atoms with Crippen molar-refractivity contribution in [2.75, 3.05) is 19.7 Å². The summed E-state index contributed by atoms with van der Waals surface area (Å²) in [6, 6.07) is 23.7. The number of hydrogen-bond donors (Lipinski definition) is 2. The zero-order chi connectivity index (χ0) is 19.3. The first-order chi connectivity index (χ1) is 13.6. The number of aliphatic hydroxyl groups excluding tert-OH is 2. The standard InChI is InChI=1S/C24H23NO3/c26-14-20-22(17-7-2-1-3-8-17)24(20)15-25(13-21(24)27)23(28)19-11-10-16-6-4-5-9-18(16)12-19/h1-12,20-22,26-27H,13-15H2/t20-,21+,22-,24-/m1/s1. The number of rotatable bonds is 3. The average molecular weight is 373 g/mol. The van der Waals surface area contributed by atoms with Crippen molar-refractivity contribution in [2.45, 2.75) is 12.0 Å². The molecule has 1 saturated carbocycles. The summed E-state index contributed by atoms with van der Waals surface area (Å²) in [5.74, 6) is 0.0134. The molecule has 1 heterocycles. The van der Waals surface area contributed by atoms with E-state index >= 15 is 0 Å². The Kier molecular flexibility index (Phi) is 4.00. The lowest BCUT2D eigenvalue weighted by atomic mass is 9.95. The van der Waals surface area contributed by atoms with Gasteiger partial charge >= 0.3 is 0 Å². The van der Waals surface area contributed by atoms with Crippen LogP contribution in [0.3, 0.4) is 0 Å². The van der Waals surface area contributed by atoms with Crippen molar-refractivity contribution in [3.8, 4) is 0 Å². The summed E-state index contributed by atoms with van der Waals surface area (Å²) >= 11 is 0. The molecular weight excluding hydrogens is 350 g/mol. The second kappa shape index (κ2) is 6.43. The molecule has 2 N–H and O–H groups in total. The van der Waals surface area contributed by atoms with Crippen molar-refractivity contribution in [3.05, 3.63) is 83.9 Å². The lowest BCUT2D eigenvalue weighted by molar-refractivity contribution is 0.0764. The van der Waals surface area contributed by atoms with Crippen LogP contribution in [0.15, 0.2) is 72.8 Å². The maximum atomic E-state index is 13.1. The van der Waals surface area contributed by atoms with Gasteiger partial charge < -0.3 is 15.1 Å². The molecule has 0 radical (unpaired) electrons. The summed E-state index contributed by atoms with van der Waals surface area (Å²) in [6.45, 7) is 0.810. The number of aliphatic hydroxyl groups is 2. The summed E-state index contributed by atoms with van der Waals surface area (Å²) in [7, 11) is 0. The number of β-amino-alcohol motifs (C(OH)–C–C–N with tert-alkyl or cyclic N) is 1. The fraction of sp³-hybridized carbons (Fsp3) is 0.292. The Morgan fingerprint density at radius 3 is 2.46 bits per heavy atom. The average Bonchev–Trinajstić information content (AvgIpc) is 3.28. The van der Waals surface area contributed by atoms with Gasteiger partial charge in [-0.05, 0) is 40.3 Å². The molecule has 0 aromatic heterocycles. The Labute approximate surface area is 164 Å². The Balaban J connectivity index is 1.43. The third kappa shape index (κ3) is 2.49. The van der Waals surface area contributed by atoms with Crippen LogP contribution in [0.2, 0.25) is 0 Å². The van der Waals surface area contributed by atoms with Gasteiger partial charge in [-0.15, -0.1) is 0 Å². The van der Waals surface area contributed by atoms with E-state index in [2.05, 4.69) is 0 Å². The molecule has 2 aliphatic rings. The van der Waals surface area contributed by atoms with Crippen LogP contribution in [-0.2, 0) is 0 Å². The summed E-state index contributed by atoms with van der Waals surface area (Å²) in [6.07, 6.45) is -0.626. The van der Waals surface area contributed by atoms with Crippen molar-refractivity contribution >= 4 is 16.7 Å². The third-order valence-corrected chi connectivity index (χ3v) is 6.68. The van der Waals surface area contributed by atoms with Crippen LogP contribution in [-0.4, -0.2) is 46.8 Å². The fourth-order valence-corrected chi connectivity index (χ4v) is 5.23. The van der Waals surface area contributed by atoms with E-state index in [0.29, 0.717) is 18.7 Å². The van der Waals surface area contributed by atoms with Gasteiger partial charge in [-0.25, -0.2) is 0 Å². The fourth-order valence-electron chi connectivity index (χ4n) is 5.23. The lowest BCUT2D eigenvalue weighted by Crippen LogP contribution is -2.29. The van der Waals surface area contributed by atoms with Crippen molar-refractivity contribution < 1.29 is 15.0 Å². The monoisotopic (exact) mass is 373 g/mol. The number of amides is 1. The van der Waals surface area contributed by atoms with E-state index in [-0.39, 0.29) is 24.3 Å². The van der Waals surface area contributed by atoms with E-state index in [1.807, 2.05) is 72.8 Å². The molecule has 1 aliphatic heterocycles. The summed E-state index contributed by atoms with van der Waals surface area (Å²) in [4.78, 5) is 14.9. The second-order valence-corrected chi connectivity index (χ2v) is 8.05. The van der Waals surface area contributed by atoms with E-state index in [1.165, 1.54) is 0 Å². The molecule has 4 nitrogen and oxygen atoms in total. The zero-order valence-electron chi connectivity index (χ0n) is 15.5. The van der Waals surface area contributed by atoms with Crippen molar-refractivity contribution in [2.24, 2.45) is 11.3 Å². The Hall–Kier alpha value is -2.69. The quantitative estimate of drug-likeness (QED) is 0.742. The van der Waals surface area contributed by atoms with Gasteiger partial charge in [0.2, 0.25) is 0 Å². The summed E-state index contributed by atoms with van der Waals surface area (Å²) in [5.41, 5.74) is 1.32. The highest BCUT2D eigenvalue weighted by Crippen LogP contribution is 2.68. The van der Waals surface area contributed by atoms with Gasteiger partial charge in [-0.1, -0.05) is 60.7 Å². The molecule has 1 amide bonds. The molecule has 0 unspecified atom stereocenters. The number of benzene rings is 3. The molecule has 1 saturated heterocycles. The Morgan fingerprint density at radius 1 is 1.00 bits per heavy atom. The first-order valence-corrected chi connectivity index (χ1v) is 9.77. The van der Waals surface area contributed by atoms with Crippen LogP contribution in [0.25, 0.3) is 10.8 Å². The molecule has 1 spiro atoms. The van der Waals surface area contributed by atoms with Gasteiger partial charge in [-0.3, -0.25) is 4.79 Å². The molecular formula is C24H23NO3. The predicted molar refractivity (Wildman–Crippen MR) is 108 cm³/mol. The maximum absolute atomic E-state index is 13.1. The van der Waals surface area contributed by atoms with Crippen molar-refractivity contribution in [1.82, 2.24) is 4.90 Å². The number of fused-ring (bicyclic) bond motifs is 1. The van der Waals surface area contributed by atoms with Crippen LogP contribution in [0.1, 0.15) is 21.8 Å². The van der Waals surface area contributed by atoms with Crippen LogP contribution < -0.4 is 0 Å². The van der Waals surface area contributed by atoms with Gasteiger partial charge in [0.25, 0.3) is 5.91 Å². The largest absolute Gasteiger partial charge is 0.396 e. The molecule has 142 valence electrons. The highest BCUT2D eigenvalue weighted by atomic mass is 16.3. The molecule has 28 heavy (non-hydrogen) atoms. The third-order valence-electron chi connectivity index (χ3n) is 6.68. The van der Waals surface area contributed by atoms with Crippen LogP contribution >= 0.6 is 0 Å². The number of nitrogens with zero attached hydrogens (tertiary/aromatic N) is 1. The Morgan fingerprint density at radius 2 is 1.71 bits per heavy atom. The number of hydrogen-bond acceptors (Lipinski definition) is 3. The molecule has 3 aromatic carbocycles. The van der Waals surface area contributed by atoms with Crippen molar-refractivity contribution in [1.29, 1.82) is 0 Å². The topological polar surface area (TPSA) is 60.8 Å². The minimum absolute atomic E-state index is 0.0145. The lowest BCUT2D eigenvalue weighted by Gasteiger charge is -2.17. The summed E-state index contributed by atoms with van der Waals surface area (Å²) < 4.78 is 0. The molecule has 2 fully saturated rings. The zero-order valence-corrected chi connectivity index (χ0v) is 15.5. The minimum Gasteiger partial charge on any atom is -0.396 e. The van der Waals surface area contributed by atoms with E-state index in [1.54, 1.807) is 4.90 Å². The maximum Gasteiger partial charge on any atom is 0.253 e. The van der Waals surface area contributed by atoms with Gasteiger partial charge in [0, 0.05) is 30.7 Å². The van der Waals surface area contributed by atoms with Gasteiger partial charge in [0.05, 0.1) is 6.10 Å². The first kappa shape index (κ1) is 17.4. The summed E-state index contributed by atoms with van der Waals surface area (Å²) in [5, 5.41) is 22.9. The van der Waals surface area contributed by atoms with E-state index in [4.69, 9.17) is 0 Å². The first-order valence-electron chi connectivity index (χ1n) is 9.77. The second-order valence-electron chi connectivity index (χ2n) is 8.05.